The molecule has 3 aliphatic rings. The van der Waals surface area contributed by atoms with Crippen LogP contribution < -0.4 is 4.74 Å². The molecule has 2 saturated heterocycles. The molecule has 1 aromatic carbocycles. The summed E-state index contributed by atoms with van der Waals surface area (Å²) >= 11 is 0. The van der Waals surface area contributed by atoms with Crippen molar-refractivity contribution in [2.45, 2.75) is 31.2 Å². The molecule has 2 atom stereocenters. The molecule has 4 rings (SSSR count). The zero-order valence-electron chi connectivity index (χ0n) is 17.3. The zero-order valence-corrected chi connectivity index (χ0v) is 19.0. The van der Waals surface area contributed by atoms with Crippen molar-refractivity contribution in [3.63, 3.8) is 0 Å². The Morgan fingerprint density at radius 3 is 2.62 bits per heavy atom. The fourth-order valence-electron chi connectivity index (χ4n) is 4.81. The average molecular weight is 446 g/mol. The second kappa shape index (κ2) is 10.8. The van der Waals surface area contributed by atoms with Crippen LogP contribution in [0, 0.1) is 0 Å². The van der Waals surface area contributed by atoms with E-state index in [-0.39, 0.29) is 30.9 Å². The summed E-state index contributed by atoms with van der Waals surface area (Å²) < 4.78 is 11.1. The summed E-state index contributed by atoms with van der Waals surface area (Å²) in [6.07, 6.45) is 3.04. The molecule has 0 unspecified atom stereocenters. The maximum atomic E-state index is 12.0. The number of nitrogens with zero attached hydrogens (tertiary/aromatic N) is 3. The molecule has 0 aromatic heterocycles. The highest BCUT2D eigenvalue weighted by molar-refractivity contribution is 5.85. The summed E-state index contributed by atoms with van der Waals surface area (Å²) in [5, 5.41) is 0. The van der Waals surface area contributed by atoms with E-state index >= 15 is 0 Å². The third-order valence-electron chi connectivity index (χ3n) is 6.29. The Kier molecular flexibility index (Phi) is 9.04. The number of fused-ring (bicyclic) bond motifs is 3. The van der Waals surface area contributed by atoms with E-state index in [4.69, 9.17) is 9.47 Å². The van der Waals surface area contributed by atoms with Crippen molar-refractivity contribution in [1.29, 1.82) is 0 Å². The smallest absolute Gasteiger partial charge is 0.410 e. The molecule has 29 heavy (non-hydrogen) atoms. The van der Waals surface area contributed by atoms with Crippen molar-refractivity contribution in [2.75, 3.05) is 60.0 Å². The minimum absolute atomic E-state index is 0. The second-order valence-corrected chi connectivity index (χ2v) is 8.08. The number of rotatable bonds is 4. The van der Waals surface area contributed by atoms with Gasteiger partial charge in [0.05, 0.1) is 13.2 Å². The van der Waals surface area contributed by atoms with E-state index < -0.39 is 0 Å². The van der Waals surface area contributed by atoms with Crippen LogP contribution in [0.4, 0.5) is 4.79 Å². The van der Waals surface area contributed by atoms with Crippen LogP contribution in [0.3, 0.4) is 0 Å². The van der Waals surface area contributed by atoms with Gasteiger partial charge < -0.3 is 14.4 Å². The fraction of sp³-hybridized carbons (Fsp3) is 0.667. The van der Waals surface area contributed by atoms with E-state index in [1.54, 1.807) is 14.1 Å². The standard InChI is InChI=1S/C21H31N3O3.2ClH/c1-22(2)21(25)27-20-5-3-4-16-17-8-9-24(19(17)7-6-18(16)20)11-10-23-12-14-26-15-13-23;;/h3-5,17,19H,6-15H2,1-2H3;2*1H/t17-,19+;;/m0../s1. The van der Waals surface area contributed by atoms with Crippen LogP contribution in [0.15, 0.2) is 18.2 Å². The van der Waals surface area contributed by atoms with Gasteiger partial charge in [-0.05, 0) is 43.0 Å². The number of morpholine rings is 1. The van der Waals surface area contributed by atoms with E-state index in [1.165, 1.54) is 29.0 Å². The van der Waals surface area contributed by atoms with Gasteiger partial charge in [0.1, 0.15) is 5.75 Å². The van der Waals surface area contributed by atoms with Gasteiger partial charge in [-0.3, -0.25) is 9.80 Å². The molecule has 0 radical (unpaired) electrons. The first-order valence-corrected chi connectivity index (χ1v) is 10.2. The van der Waals surface area contributed by atoms with Crippen LogP contribution >= 0.6 is 24.8 Å². The first-order valence-electron chi connectivity index (χ1n) is 10.2. The summed E-state index contributed by atoms with van der Waals surface area (Å²) in [4.78, 5) is 18.7. The van der Waals surface area contributed by atoms with Crippen molar-refractivity contribution < 1.29 is 14.3 Å². The Labute approximate surface area is 186 Å². The molecule has 0 saturated carbocycles. The SMILES string of the molecule is CN(C)C(=O)Oc1cccc2c1CC[C@@H]1[C@H]2CCN1CCN1CCOCC1.Cl.Cl. The van der Waals surface area contributed by atoms with Gasteiger partial charge in [-0.25, -0.2) is 4.79 Å². The molecule has 1 amide bonds. The number of halogens is 2. The Morgan fingerprint density at radius 2 is 1.90 bits per heavy atom. The number of likely N-dealkylation sites (tertiary alicyclic amines) is 1. The predicted octanol–water partition coefficient (Wildman–Crippen LogP) is 3.03. The molecule has 1 aliphatic carbocycles. The monoisotopic (exact) mass is 445 g/mol. The quantitative estimate of drug-likeness (QED) is 0.712. The number of ether oxygens (including phenoxy) is 2. The minimum atomic E-state index is -0.302. The number of carbonyl (C=O) groups excluding carboxylic acids is 1. The van der Waals surface area contributed by atoms with Crippen LogP contribution in [-0.2, 0) is 11.2 Å². The van der Waals surface area contributed by atoms with E-state index in [2.05, 4.69) is 15.9 Å². The van der Waals surface area contributed by atoms with Crippen LogP contribution in [-0.4, -0.2) is 86.9 Å². The largest absolute Gasteiger partial charge is 0.414 e. The number of amides is 1. The zero-order chi connectivity index (χ0) is 18.8. The molecule has 2 fully saturated rings. The maximum absolute atomic E-state index is 12.0. The Hall–Kier alpha value is -1.05. The average Bonchev–Trinajstić information content (AvgIpc) is 3.11. The second-order valence-electron chi connectivity index (χ2n) is 8.08. The van der Waals surface area contributed by atoms with Crippen LogP contribution in [0.25, 0.3) is 0 Å². The lowest BCUT2D eigenvalue weighted by Crippen LogP contribution is -2.43. The van der Waals surface area contributed by atoms with Crippen molar-refractivity contribution in [3.05, 3.63) is 29.3 Å². The van der Waals surface area contributed by atoms with Crippen LogP contribution in [0.1, 0.15) is 29.9 Å². The van der Waals surface area contributed by atoms with Crippen molar-refractivity contribution in [1.82, 2.24) is 14.7 Å². The van der Waals surface area contributed by atoms with Crippen LogP contribution in [0.2, 0.25) is 0 Å². The summed E-state index contributed by atoms with van der Waals surface area (Å²) in [6, 6.07) is 6.84. The lowest BCUT2D eigenvalue weighted by atomic mass is 9.79. The topological polar surface area (TPSA) is 45.2 Å². The van der Waals surface area contributed by atoms with Gasteiger partial charge in [-0.1, -0.05) is 12.1 Å². The van der Waals surface area contributed by atoms with Gasteiger partial charge >= 0.3 is 6.09 Å². The molecule has 8 heteroatoms. The predicted molar refractivity (Wildman–Crippen MR) is 119 cm³/mol. The number of benzene rings is 1. The minimum Gasteiger partial charge on any atom is -0.410 e. The summed E-state index contributed by atoms with van der Waals surface area (Å²) in [5.74, 6) is 1.31. The molecule has 1 aromatic rings. The maximum Gasteiger partial charge on any atom is 0.414 e. The molecule has 0 bridgehead atoms. The molecule has 0 spiro atoms. The van der Waals surface area contributed by atoms with Gasteiger partial charge in [0, 0.05) is 52.2 Å². The third kappa shape index (κ3) is 5.36. The van der Waals surface area contributed by atoms with E-state index in [1.807, 2.05) is 12.1 Å². The summed E-state index contributed by atoms with van der Waals surface area (Å²) in [7, 11) is 3.44. The highest BCUT2D eigenvalue weighted by Gasteiger charge is 2.39. The van der Waals surface area contributed by atoms with E-state index in [0.29, 0.717) is 12.0 Å². The first kappa shape index (κ1) is 24.2. The number of hydrogen-bond acceptors (Lipinski definition) is 5. The van der Waals surface area contributed by atoms with E-state index in [9.17, 15) is 4.79 Å². The highest BCUT2D eigenvalue weighted by Crippen LogP contribution is 2.44. The van der Waals surface area contributed by atoms with Gasteiger partial charge in [0.15, 0.2) is 0 Å². The molecule has 2 aliphatic heterocycles. The van der Waals surface area contributed by atoms with Gasteiger partial charge in [-0.15, -0.1) is 24.8 Å². The van der Waals surface area contributed by atoms with Crippen LogP contribution in [0.5, 0.6) is 5.75 Å². The van der Waals surface area contributed by atoms with Gasteiger partial charge in [0.25, 0.3) is 0 Å². The normalized spacial score (nSPS) is 23.9. The molecule has 6 nitrogen and oxygen atoms in total. The first-order chi connectivity index (χ1) is 13.1. The molecule has 2 heterocycles. The molecule has 164 valence electrons. The highest BCUT2D eigenvalue weighted by atomic mass is 35.5. The number of carbonyl (C=O) groups is 1. The van der Waals surface area contributed by atoms with Crippen molar-refractivity contribution >= 4 is 30.9 Å². The summed E-state index contributed by atoms with van der Waals surface area (Å²) in [6.45, 7) is 7.31. The lowest BCUT2D eigenvalue weighted by Gasteiger charge is -2.35. The Morgan fingerprint density at radius 1 is 1.14 bits per heavy atom. The molecule has 0 N–H and O–H groups in total. The third-order valence-corrected chi connectivity index (χ3v) is 6.29. The fourth-order valence-corrected chi connectivity index (χ4v) is 4.81. The molecular weight excluding hydrogens is 413 g/mol. The van der Waals surface area contributed by atoms with Crippen molar-refractivity contribution in [2.24, 2.45) is 0 Å². The van der Waals surface area contributed by atoms with E-state index in [0.717, 1.165) is 58.0 Å². The van der Waals surface area contributed by atoms with Gasteiger partial charge in [0.2, 0.25) is 0 Å². The Bertz CT molecular complexity index is 683. The summed E-state index contributed by atoms with van der Waals surface area (Å²) in [5.41, 5.74) is 2.63. The number of hydrogen-bond donors (Lipinski definition) is 0. The van der Waals surface area contributed by atoms with Gasteiger partial charge in [-0.2, -0.15) is 0 Å². The molecular formula is C21H33Cl2N3O3. The lowest BCUT2D eigenvalue weighted by molar-refractivity contribution is 0.0322. The van der Waals surface area contributed by atoms with Crippen molar-refractivity contribution in [3.8, 4) is 5.75 Å². The Balaban J connectivity index is 0.00000150.